The fraction of sp³-hybridized carbons (Fsp3) is 1.00. The van der Waals surface area contributed by atoms with Crippen molar-refractivity contribution in [2.24, 2.45) is 0 Å². The highest BCUT2D eigenvalue weighted by Gasteiger charge is 2.12. The molecule has 0 aliphatic heterocycles. The van der Waals surface area contributed by atoms with Crippen molar-refractivity contribution in [2.45, 2.75) is 29.4 Å². The molecular formula is C6H12Br2O. The summed E-state index contributed by atoms with van der Waals surface area (Å²) in [7, 11) is 0. The van der Waals surface area contributed by atoms with Gasteiger partial charge in [-0.15, -0.1) is 0 Å². The third-order valence-corrected chi connectivity index (χ3v) is 1.82. The zero-order valence-corrected chi connectivity index (χ0v) is 8.70. The second kappa shape index (κ2) is 4.69. The quantitative estimate of drug-likeness (QED) is 0.608. The van der Waals surface area contributed by atoms with Crippen LogP contribution in [0.2, 0.25) is 0 Å². The van der Waals surface area contributed by atoms with E-state index in [0.717, 1.165) is 19.3 Å². The van der Waals surface area contributed by atoms with Gasteiger partial charge in [-0.05, 0) is 26.2 Å². The Morgan fingerprint density at radius 2 is 1.89 bits per heavy atom. The Morgan fingerprint density at radius 3 is 2.22 bits per heavy atom. The van der Waals surface area contributed by atoms with Crippen LogP contribution in [0.5, 0.6) is 0 Å². The minimum Gasteiger partial charge on any atom is -0.396 e. The lowest BCUT2D eigenvalue weighted by atomic mass is 10.2. The summed E-state index contributed by atoms with van der Waals surface area (Å²) in [6.07, 6.45) is 3.00. The normalized spacial score (nSPS) is 12.0. The van der Waals surface area contributed by atoms with Gasteiger partial charge >= 0.3 is 0 Å². The average Bonchev–Trinajstić information content (AvgIpc) is 1.63. The smallest absolute Gasteiger partial charge is 0.0777 e. The van der Waals surface area contributed by atoms with E-state index >= 15 is 0 Å². The van der Waals surface area contributed by atoms with Crippen molar-refractivity contribution in [1.29, 1.82) is 0 Å². The van der Waals surface area contributed by atoms with E-state index in [-0.39, 0.29) is 3.23 Å². The topological polar surface area (TPSA) is 20.2 Å². The van der Waals surface area contributed by atoms with Crippen LogP contribution in [-0.4, -0.2) is 14.9 Å². The average molecular weight is 260 g/mol. The molecule has 0 aliphatic rings. The Morgan fingerprint density at radius 1 is 1.33 bits per heavy atom. The highest BCUT2D eigenvalue weighted by atomic mass is 79.9. The first-order valence-corrected chi connectivity index (χ1v) is 4.63. The van der Waals surface area contributed by atoms with Crippen LogP contribution in [0.25, 0.3) is 0 Å². The van der Waals surface area contributed by atoms with Gasteiger partial charge in [0.2, 0.25) is 0 Å². The predicted molar refractivity (Wildman–Crippen MR) is 47.2 cm³/mol. The van der Waals surface area contributed by atoms with Gasteiger partial charge in [0.25, 0.3) is 0 Å². The number of aliphatic hydroxyl groups is 1. The second-order valence-electron chi connectivity index (χ2n) is 2.25. The van der Waals surface area contributed by atoms with Crippen LogP contribution in [0.1, 0.15) is 26.2 Å². The molecule has 9 heavy (non-hydrogen) atoms. The van der Waals surface area contributed by atoms with Crippen molar-refractivity contribution < 1.29 is 5.11 Å². The van der Waals surface area contributed by atoms with Crippen LogP contribution in [-0.2, 0) is 0 Å². The lowest BCUT2D eigenvalue weighted by Crippen LogP contribution is -2.03. The van der Waals surface area contributed by atoms with Gasteiger partial charge in [-0.2, -0.15) is 0 Å². The third-order valence-electron chi connectivity index (χ3n) is 1.02. The standard InChI is InChI=1S/C6H12Br2O/c1-6(7,8)4-2-3-5-9/h9H,2-5H2,1H3. The largest absolute Gasteiger partial charge is 0.396 e. The first kappa shape index (κ1) is 9.92. The van der Waals surface area contributed by atoms with E-state index in [9.17, 15) is 0 Å². The van der Waals surface area contributed by atoms with Gasteiger partial charge in [0.1, 0.15) is 0 Å². The zero-order chi connectivity index (χ0) is 7.33. The lowest BCUT2D eigenvalue weighted by molar-refractivity contribution is 0.283. The maximum atomic E-state index is 8.43. The van der Waals surface area contributed by atoms with Crippen LogP contribution in [0.15, 0.2) is 0 Å². The highest BCUT2D eigenvalue weighted by Crippen LogP contribution is 2.30. The van der Waals surface area contributed by atoms with E-state index in [4.69, 9.17) is 5.11 Å². The number of hydrogen-bond donors (Lipinski definition) is 1. The van der Waals surface area contributed by atoms with E-state index in [1.807, 2.05) is 0 Å². The number of hydrogen-bond acceptors (Lipinski definition) is 1. The summed E-state index contributed by atoms with van der Waals surface area (Å²) >= 11 is 6.89. The summed E-state index contributed by atoms with van der Waals surface area (Å²) in [4.78, 5) is 0. The first-order valence-electron chi connectivity index (χ1n) is 3.05. The van der Waals surface area contributed by atoms with Crippen LogP contribution in [0, 0.1) is 0 Å². The third kappa shape index (κ3) is 8.92. The number of unbranched alkanes of at least 4 members (excludes halogenated alkanes) is 1. The summed E-state index contributed by atoms with van der Waals surface area (Å²) < 4.78 is 0.0647. The molecule has 0 radical (unpaired) electrons. The summed E-state index contributed by atoms with van der Waals surface area (Å²) in [6, 6.07) is 0. The van der Waals surface area contributed by atoms with Crippen LogP contribution < -0.4 is 0 Å². The van der Waals surface area contributed by atoms with Gasteiger partial charge in [0, 0.05) is 6.61 Å². The Labute approximate surface area is 73.1 Å². The minimum absolute atomic E-state index is 0.0647. The summed E-state index contributed by atoms with van der Waals surface area (Å²) in [5, 5.41) is 8.43. The second-order valence-corrected chi connectivity index (χ2v) is 6.82. The minimum atomic E-state index is 0.0647. The molecule has 3 heteroatoms. The van der Waals surface area contributed by atoms with Crippen molar-refractivity contribution >= 4 is 31.9 Å². The molecule has 0 aromatic rings. The lowest BCUT2D eigenvalue weighted by Gasteiger charge is -2.11. The summed E-state index contributed by atoms with van der Waals surface area (Å²) in [5.41, 5.74) is 0. The molecule has 56 valence electrons. The molecule has 1 N–H and O–H groups in total. The molecule has 0 saturated heterocycles. The van der Waals surface area contributed by atoms with E-state index in [1.165, 1.54) is 0 Å². The first-order chi connectivity index (χ1) is 4.06. The van der Waals surface area contributed by atoms with Crippen LogP contribution >= 0.6 is 31.9 Å². The maximum Gasteiger partial charge on any atom is 0.0777 e. The molecule has 0 aromatic heterocycles. The fourth-order valence-electron chi connectivity index (χ4n) is 0.547. The van der Waals surface area contributed by atoms with Crippen LogP contribution in [0.3, 0.4) is 0 Å². The SMILES string of the molecule is CC(Br)(Br)CCCCO. The van der Waals surface area contributed by atoms with Gasteiger partial charge < -0.3 is 5.11 Å². The van der Waals surface area contributed by atoms with E-state index in [2.05, 4.69) is 38.8 Å². The Bertz CT molecular complexity index is 67.9. The van der Waals surface area contributed by atoms with Crippen molar-refractivity contribution in [3.63, 3.8) is 0 Å². The molecule has 0 amide bonds. The molecule has 0 saturated carbocycles. The molecule has 0 unspecified atom stereocenters. The van der Waals surface area contributed by atoms with Gasteiger partial charge in [-0.25, -0.2) is 0 Å². The van der Waals surface area contributed by atoms with Crippen molar-refractivity contribution in [1.82, 2.24) is 0 Å². The predicted octanol–water partition coefficient (Wildman–Crippen LogP) is 2.66. The molecule has 0 atom stereocenters. The van der Waals surface area contributed by atoms with Crippen molar-refractivity contribution in [2.75, 3.05) is 6.61 Å². The molecule has 0 spiro atoms. The summed E-state index contributed by atoms with van der Waals surface area (Å²) in [6.45, 7) is 2.36. The number of halogens is 2. The fourth-order valence-corrected chi connectivity index (χ4v) is 1.11. The van der Waals surface area contributed by atoms with E-state index in [0.29, 0.717) is 6.61 Å². The van der Waals surface area contributed by atoms with Gasteiger partial charge in [-0.3, -0.25) is 0 Å². The van der Waals surface area contributed by atoms with Gasteiger partial charge in [0.15, 0.2) is 0 Å². The van der Waals surface area contributed by atoms with Gasteiger partial charge in [-0.1, -0.05) is 31.9 Å². The van der Waals surface area contributed by atoms with Crippen LogP contribution in [0.4, 0.5) is 0 Å². The van der Waals surface area contributed by atoms with E-state index < -0.39 is 0 Å². The van der Waals surface area contributed by atoms with Gasteiger partial charge in [0.05, 0.1) is 3.23 Å². The summed E-state index contributed by atoms with van der Waals surface area (Å²) in [5.74, 6) is 0. The Kier molecular flexibility index (Phi) is 5.17. The zero-order valence-electron chi connectivity index (χ0n) is 5.53. The Hall–Kier alpha value is 0.920. The monoisotopic (exact) mass is 258 g/mol. The Balaban J connectivity index is 3.07. The molecule has 0 heterocycles. The molecule has 0 aliphatic carbocycles. The van der Waals surface area contributed by atoms with Crippen molar-refractivity contribution in [3.05, 3.63) is 0 Å². The van der Waals surface area contributed by atoms with Crippen molar-refractivity contribution in [3.8, 4) is 0 Å². The number of aliphatic hydroxyl groups excluding tert-OH is 1. The molecule has 0 fully saturated rings. The highest BCUT2D eigenvalue weighted by molar-refractivity contribution is 9.25. The number of rotatable bonds is 4. The molecule has 1 nitrogen and oxygen atoms in total. The van der Waals surface area contributed by atoms with E-state index in [1.54, 1.807) is 0 Å². The maximum absolute atomic E-state index is 8.43. The molecule has 0 rings (SSSR count). The molecular weight excluding hydrogens is 248 g/mol. The molecule has 0 aromatic carbocycles. The molecule has 0 bridgehead atoms. The number of alkyl halides is 2.